The molecule has 1 aliphatic rings. The van der Waals surface area contributed by atoms with E-state index in [-0.39, 0.29) is 12.7 Å². The van der Waals surface area contributed by atoms with Gasteiger partial charge in [-0.3, -0.25) is 0 Å². The fraction of sp³-hybridized carbons (Fsp3) is 0.500. The van der Waals surface area contributed by atoms with Crippen molar-refractivity contribution in [2.75, 3.05) is 25.2 Å². The lowest BCUT2D eigenvalue weighted by Crippen LogP contribution is -2.31. The van der Waals surface area contributed by atoms with Crippen molar-refractivity contribution >= 4 is 17.7 Å². The van der Waals surface area contributed by atoms with Gasteiger partial charge in [-0.25, -0.2) is 4.79 Å². The lowest BCUT2D eigenvalue weighted by molar-refractivity contribution is -0.153. The Bertz CT molecular complexity index is 473. The molecular formula is C14H18O5S. The highest BCUT2D eigenvalue weighted by Crippen LogP contribution is 2.34. The van der Waals surface area contributed by atoms with Gasteiger partial charge >= 0.3 is 5.97 Å². The Hall–Kier alpha value is -1.40. The fourth-order valence-electron chi connectivity index (χ4n) is 1.77. The third-order valence-electron chi connectivity index (χ3n) is 2.91. The highest BCUT2D eigenvalue weighted by atomic mass is 32.2. The third kappa shape index (κ3) is 3.37. The molecule has 2 rings (SSSR count). The minimum absolute atomic E-state index is 0.156. The SMILES string of the molecule is CCOC(=O)C(O)c1ccc(OC)c(OC2CSC2)c1. The number of benzene rings is 1. The van der Waals surface area contributed by atoms with Gasteiger partial charge in [0.05, 0.1) is 13.7 Å². The number of carbonyl (C=O) groups excluding carboxylic acids is 1. The zero-order chi connectivity index (χ0) is 14.5. The van der Waals surface area contributed by atoms with E-state index in [1.165, 1.54) is 0 Å². The van der Waals surface area contributed by atoms with Crippen LogP contribution in [0.2, 0.25) is 0 Å². The first kappa shape index (κ1) is 15.0. The van der Waals surface area contributed by atoms with Crippen LogP contribution in [0.25, 0.3) is 0 Å². The summed E-state index contributed by atoms with van der Waals surface area (Å²) in [4.78, 5) is 11.6. The quantitative estimate of drug-likeness (QED) is 0.808. The summed E-state index contributed by atoms with van der Waals surface area (Å²) < 4.78 is 15.8. The smallest absolute Gasteiger partial charge is 0.339 e. The van der Waals surface area contributed by atoms with Crippen molar-refractivity contribution < 1.29 is 24.1 Å². The Morgan fingerprint density at radius 1 is 1.45 bits per heavy atom. The summed E-state index contributed by atoms with van der Waals surface area (Å²) in [5.74, 6) is 2.34. The van der Waals surface area contributed by atoms with Crippen LogP contribution in [0, 0.1) is 0 Å². The van der Waals surface area contributed by atoms with E-state index in [1.54, 1.807) is 32.2 Å². The van der Waals surface area contributed by atoms with Crippen molar-refractivity contribution in [3.8, 4) is 11.5 Å². The second-order valence-electron chi connectivity index (χ2n) is 4.34. The molecule has 1 fully saturated rings. The number of thioether (sulfide) groups is 1. The van der Waals surface area contributed by atoms with Crippen molar-refractivity contribution in [1.82, 2.24) is 0 Å². The highest BCUT2D eigenvalue weighted by molar-refractivity contribution is 8.00. The number of esters is 1. The summed E-state index contributed by atoms with van der Waals surface area (Å²) >= 11 is 1.81. The first-order chi connectivity index (χ1) is 9.65. The summed E-state index contributed by atoms with van der Waals surface area (Å²) in [5.41, 5.74) is 0.436. The Balaban J connectivity index is 2.17. The van der Waals surface area contributed by atoms with Crippen molar-refractivity contribution in [2.45, 2.75) is 19.1 Å². The van der Waals surface area contributed by atoms with Gasteiger partial charge in [0.15, 0.2) is 17.6 Å². The van der Waals surface area contributed by atoms with Crippen LogP contribution >= 0.6 is 11.8 Å². The first-order valence-electron chi connectivity index (χ1n) is 6.42. The van der Waals surface area contributed by atoms with Gasteiger partial charge < -0.3 is 19.3 Å². The van der Waals surface area contributed by atoms with Gasteiger partial charge in [0.2, 0.25) is 0 Å². The van der Waals surface area contributed by atoms with Gasteiger partial charge in [0.1, 0.15) is 6.10 Å². The second kappa shape index (κ2) is 6.85. The average Bonchev–Trinajstić information content (AvgIpc) is 2.42. The summed E-state index contributed by atoms with van der Waals surface area (Å²) in [6.07, 6.45) is -1.15. The van der Waals surface area contributed by atoms with Crippen LogP contribution in [-0.4, -0.2) is 42.4 Å². The van der Waals surface area contributed by atoms with Crippen LogP contribution in [0.3, 0.4) is 0 Å². The van der Waals surface area contributed by atoms with E-state index in [2.05, 4.69) is 0 Å². The molecule has 1 N–H and O–H groups in total. The largest absolute Gasteiger partial charge is 0.493 e. The number of aliphatic hydroxyl groups excluding tert-OH is 1. The van der Waals surface area contributed by atoms with Crippen molar-refractivity contribution in [2.24, 2.45) is 0 Å². The molecule has 0 saturated carbocycles. The molecular weight excluding hydrogens is 280 g/mol. The second-order valence-corrected chi connectivity index (χ2v) is 5.42. The van der Waals surface area contributed by atoms with Gasteiger partial charge in [0.25, 0.3) is 0 Å². The Morgan fingerprint density at radius 3 is 2.75 bits per heavy atom. The number of rotatable bonds is 6. The van der Waals surface area contributed by atoms with Gasteiger partial charge in [-0.1, -0.05) is 6.07 Å². The molecule has 1 saturated heterocycles. The van der Waals surface area contributed by atoms with Gasteiger partial charge in [0, 0.05) is 11.5 Å². The zero-order valence-corrected chi connectivity index (χ0v) is 12.3. The molecule has 1 unspecified atom stereocenters. The van der Waals surface area contributed by atoms with E-state index >= 15 is 0 Å². The normalized spacial score (nSPS) is 16.1. The van der Waals surface area contributed by atoms with Crippen molar-refractivity contribution in [3.63, 3.8) is 0 Å². The summed E-state index contributed by atoms with van der Waals surface area (Å²) in [7, 11) is 1.55. The molecule has 110 valence electrons. The molecule has 6 heteroatoms. The molecule has 0 aromatic heterocycles. The van der Waals surface area contributed by atoms with Crippen LogP contribution in [0.4, 0.5) is 0 Å². The maximum absolute atomic E-state index is 11.6. The number of hydrogen-bond donors (Lipinski definition) is 1. The van der Waals surface area contributed by atoms with Gasteiger partial charge in [-0.15, -0.1) is 0 Å². The fourth-order valence-corrected chi connectivity index (χ4v) is 2.34. The van der Waals surface area contributed by atoms with E-state index in [4.69, 9.17) is 14.2 Å². The Labute approximate surface area is 122 Å². The number of ether oxygens (including phenoxy) is 3. The van der Waals surface area contributed by atoms with Crippen LogP contribution in [0.5, 0.6) is 11.5 Å². The third-order valence-corrected chi connectivity index (χ3v) is 4.13. The number of carbonyl (C=O) groups is 1. The minimum Gasteiger partial charge on any atom is -0.493 e. The molecule has 0 bridgehead atoms. The summed E-state index contributed by atoms with van der Waals surface area (Å²) in [6.45, 7) is 1.93. The van der Waals surface area contributed by atoms with Crippen LogP contribution in [-0.2, 0) is 9.53 Å². The molecule has 0 aliphatic carbocycles. The van der Waals surface area contributed by atoms with Crippen LogP contribution < -0.4 is 9.47 Å². The first-order valence-corrected chi connectivity index (χ1v) is 7.58. The number of hydrogen-bond acceptors (Lipinski definition) is 6. The van der Waals surface area contributed by atoms with Crippen LogP contribution in [0.15, 0.2) is 18.2 Å². The maximum Gasteiger partial charge on any atom is 0.339 e. The molecule has 1 aromatic carbocycles. The average molecular weight is 298 g/mol. The predicted molar refractivity (Wildman–Crippen MR) is 76.3 cm³/mol. The monoisotopic (exact) mass is 298 g/mol. The summed E-state index contributed by atoms with van der Waals surface area (Å²) in [5, 5.41) is 9.94. The molecule has 5 nitrogen and oxygen atoms in total. The van der Waals surface area contributed by atoms with E-state index in [0.717, 1.165) is 11.5 Å². The van der Waals surface area contributed by atoms with Gasteiger partial charge in [-0.2, -0.15) is 11.8 Å². The maximum atomic E-state index is 11.6. The zero-order valence-electron chi connectivity index (χ0n) is 11.5. The number of aliphatic hydroxyl groups is 1. The predicted octanol–water partition coefficient (Wildman–Crippen LogP) is 1.79. The van der Waals surface area contributed by atoms with E-state index in [1.807, 2.05) is 11.8 Å². The highest BCUT2D eigenvalue weighted by Gasteiger charge is 2.24. The Morgan fingerprint density at radius 2 is 2.20 bits per heavy atom. The Kier molecular flexibility index (Phi) is 5.14. The molecule has 0 spiro atoms. The van der Waals surface area contributed by atoms with E-state index in [0.29, 0.717) is 17.1 Å². The molecule has 1 atom stereocenters. The molecule has 1 aromatic rings. The lowest BCUT2D eigenvalue weighted by Gasteiger charge is -2.27. The topological polar surface area (TPSA) is 65.0 Å². The van der Waals surface area contributed by atoms with E-state index in [9.17, 15) is 9.90 Å². The lowest BCUT2D eigenvalue weighted by atomic mass is 10.1. The van der Waals surface area contributed by atoms with Gasteiger partial charge in [-0.05, 0) is 24.6 Å². The molecule has 1 heterocycles. The standard InChI is InChI=1S/C14H18O5S/c1-3-18-14(16)13(15)9-4-5-11(17-2)12(6-9)19-10-7-20-8-10/h4-6,10,13,15H,3,7-8H2,1-2H3. The molecule has 20 heavy (non-hydrogen) atoms. The molecule has 0 amide bonds. The molecule has 1 aliphatic heterocycles. The molecule has 0 radical (unpaired) electrons. The van der Waals surface area contributed by atoms with Crippen molar-refractivity contribution in [3.05, 3.63) is 23.8 Å². The summed E-state index contributed by atoms with van der Waals surface area (Å²) in [6, 6.07) is 4.94. The number of methoxy groups -OCH3 is 1. The minimum atomic E-state index is -1.31. The van der Waals surface area contributed by atoms with Crippen molar-refractivity contribution in [1.29, 1.82) is 0 Å². The van der Waals surface area contributed by atoms with Crippen LogP contribution in [0.1, 0.15) is 18.6 Å². The van der Waals surface area contributed by atoms with E-state index < -0.39 is 12.1 Å².